The van der Waals surface area contributed by atoms with E-state index in [9.17, 15) is 18.3 Å². The third-order valence-corrected chi connectivity index (χ3v) is 7.11. The Hall–Kier alpha value is -1.74. The molecule has 7 nitrogen and oxygen atoms in total. The highest BCUT2D eigenvalue weighted by Crippen LogP contribution is 2.35. The van der Waals surface area contributed by atoms with Gasteiger partial charge >= 0.3 is 0 Å². The highest BCUT2D eigenvalue weighted by molar-refractivity contribution is 7.90. The van der Waals surface area contributed by atoms with Crippen LogP contribution in [0.2, 0.25) is 10.2 Å². The van der Waals surface area contributed by atoms with E-state index in [1.54, 1.807) is 6.07 Å². The van der Waals surface area contributed by atoms with Gasteiger partial charge < -0.3 is 10.4 Å². The number of hydrogen-bond acceptors (Lipinski definition) is 6. The van der Waals surface area contributed by atoms with Gasteiger partial charge in [-0.25, -0.2) is 18.4 Å². The van der Waals surface area contributed by atoms with Gasteiger partial charge in [-0.2, -0.15) is 0 Å². The number of carbonyl (C=O) groups is 1. The number of benzene rings is 1. The number of aliphatic hydroxyl groups is 1. The first kappa shape index (κ1) is 22.9. The first-order valence-electron chi connectivity index (χ1n) is 9.59. The van der Waals surface area contributed by atoms with Crippen LogP contribution in [0.4, 0.5) is 5.82 Å². The number of anilines is 1. The molecule has 0 aliphatic heterocycles. The summed E-state index contributed by atoms with van der Waals surface area (Å²) in [6.07, 6.45) is 7.10. The van der Waals surface area contributed by atoms with Gasteiger partial charge in [-0.05, 0) is 55.7 Å². The first-order valence-corrected chi connectivity index (χ1v) is 12.2. The summed E-state index contributed by atoms with van der Waals surface area (Å²) in [7, 11) is -3.47. The van der Waals surface area contributed by atoms with E-state index in [1.165, 1.54) is 24.5 Å². The number of nitrogens with one attached hydrogen (secondary N) is 1. The van der Waals surface area contributed by atoms with E-state index in [0.29, 0.717) is 24.8 Å². The van der Waals surface area contributed by atoms with Crippen molar-refractivity contribution in [2.45, 2.75) is 49.0 Å². The number of rotatable bonds is 6. The van der Waals surface area contributed by atoms with Gasteiger partial charge in [0.15, 0.2) is 15.7 Å². The van der Waals surface area contributed by atoms with E-state index in [4.69, 9.17) is 23.2 Å². The van der Waals surface area contributed by atoms with Crippen molar-refractivity contribution in [2.24, 2.45) is 5.92 Å². The van der Waals surface area contributed by atoms with E-state index in [0.717, 1.165) is 19.1 Å². The lowest BCUT2D eigenvalue weighted by Crippen LogP contribution is -2.26. The fourth-order valence-corrected chi connectivity index (χ4v) is 5.17. The molecule has 30 heavy (non-hydrogen) atoms. The number of carbonyl (C=O) groups excluding carboxylic acids is 1. The fraction of sp³-hybridized carbons (Fsp3) is 0.450. The topological polar surface area (TPSA) is 109 Å². The molecule has 2 N–H and O–H groups in total. The molecule has 1 heterocycles. The molecule has 1 amide bonds. The van der Waals surface area contributed by atoms with Crippen molar-refractivity contribution in [3.8, 4) is 0 Å². The Labute approximate surface area is 185 Å². The molecule has 1 aliphatic rings. The number of halogens is 2. The normalized spacial score (nSPS) is 20.5. The summed E-state index contributed by atoms with van der Waals surface area (Å²) in [5, 5.41) is 12.8. The van der Waals surface area contributed by atoms with E-state index >= 15 is 0 Å². The SMILES string of the molecule is CS(=O)(=O)c1ccc([C@H](CC2CCC(O)CC2)C(=O)Nc2cnc(Cl)cn2)cc1Cl. The van der Waals surface area contributed by atoms with Gasteiger partial charge in [0.2, 0.25) is 5.91 Å². The van der Waals surface area contributed by atoms with Crippen molar-refractivity contribution in [1.29, 1.82) is 0 Å². The van der Waals surface area contributed by atoms with Crippen molar-refractivity contribution in [2.75, 3.05) is 11.6 Å². The number of aromatic nitrogens is 2. The lowest BCUT2D eigenvalue weighted by atomic mass is 9.79. The molecule has 1 aromatic heterocycles. The van der Waals surface area contributed by atoms with E-state index in [1.807, 2.05) is 0 Å². The summed E-state index contributed by atoms with van der Waals surface area (Å²) < 4.78 is 23.7. The minimum atomic E-state index is -3.47. The molecule has 3 rings (SSSR count). The average Bonchev–Trinajstić information content (AvgIpc) is 2.68. The van der Waals surface area contributed by atoms with Crippen LogP contribution in [0.3, 0.4) is 0 Å². The number of nitrogens with zero attached hydrogens (tertiary/aromatic N) is 2. The molecule has 0 saturated heterocycles. The van der Waals surface area contributed by atoms with Crippen molar-refractivity contribution < 1.29 is 18.3 Å². The lowest BCUT2D eigenvalue weighted by molar-refractivity contribution is -0.118. The Kier molecular flexibility index (Phi) is 7.34. The van der Waals surface area contributed by atoms with Gasteiger partial charge in [-0.3, -0.25) is 4.79 Å². The molecular weight excluding hydrogens is 449 g/mol. The first-order chi connectivity index (χ1) is 14.1. The Bertz CT molecular complexity index is 1010. The number of aliphatic hydroxyl groups excluding tert-OH is 1. The molecule has 162 valence electrons. The molecule has 1 atom stereocenters. The van der Waals surface area contributed by atoms with E-state index in [2.05, 4.69) is 15.3 Å². The Balaban J connectivity index is 1.87. The molecular formula is C20H23Cl2N3O4S. The summed E-state index contributed by atoms with van der Waals surface area (Å²) >= 11 is 12.0. The largest absolute Gasteiger partial charge is 0.393 e. The standard InChI is InChI=1S/C20H23Cl2N3O4S/c1-30(28,29)17-7-4-13(9-16(17)21)15(8-12-2-5-14(26)6-3-12)20(27)25-19-11-23-18(22)10-24-19/h4,7,9-12,14-15,26H,2-3,5-6,8H2,1H3,(H,24,25,27)/t12?,14?,15-/m0/s1. The maximum atomic E-state index is 13.1. The predicted molar refractivity (Wildman–Crippen MR) is 116 cm³/mol. The second-order valence-corrected chi connectivity index (χ2v) is 10.4. The molecule has 1 saturated carbocycles. The third kappa shape index (κ3) is 5.91. The van der Waals surface area contributed by atoms with Crippen LogP contribution in [0.1, 0.15) is 43.6 Å². The van der Waals surface area contributed by atoms with Gasteiger partial charge in [0.25, 0.3) is 0 Å². The summed E-state index contributed by atoms with van der Waals surface area (Å²) in [5.74, 6) is -0.323. The van der Waals surface area contributed by atoms with Crippen LogP contribution in [-0.2, 0) is 14.6 Å². The van der Waals surface area contributed by atoms with Crippen LogP contribution in [0.25, 0.3) is 0 Å². The maximum absolute atomic E-state index is 13.1. The van der Waals surface area contributed by atoms with Crippen LogP contribution in [0, 0.1) is 5.92 Å². The summed E-state index contributed by atoms with van der Waals surface area (Å²) in [6.45, 7) is 0. The molecule has 0 spiro atoms. The Morgan fingerprint density at radius 1 is 1.20 bits per heavy atom. The molecule has 2 aromatic rings. The van der Waals surface area contributed by atoms with Crippen LogP contribution < -0.4 is 5.32 Å². The summed E-state index contributed by atoms with van der Waals surface area (Å²) in [4.78, 5) is 21.1. The van der Waals surface area contributed by atoms with Crippen LogP contribution in [0.5, 0.6) is 0 Å². The number of amides is 1. The lowest BCUT2D eigenvalue weighted by Gasteiger charge is -2.28. The molecule has 1 fully saturated rings. The molecule has 0 unspecified atom stereocenters. The highest BCUT2D eigenvalue weighted by Gasteiger charge is 2.29. The summed E-state index contributed by atoms with van der Waals surface area (Å²) in [6, 6.07) is 4.59. The second kappa shape index (κ2) is 9.60. The van der Waals surface area contributed by atoms with Crippen molar-refractivity contribution in [3.63, 3.8) is 0 Å². The van der Waals surface area contributed by atoms with Crippen molar-refractivity contribution in [3.05, 3.63) is 46.3 Å². The zero-order chi connectivity index (χ0) is 21.9. The quantitative estimate of drug-likeness (QED) is 0.661. The molecule has 10 heteroatoms. The fourth-order valence-electron chi connectivity index (χ4n) is 3.73. The van der Waals surface area contributed by atoms with Crippen LogP contribution in [-0.4, -0.2) is 41.8 Å². The third-order valence-electron chi connectivity index (χ3n) is 5.33. The average molecular weight is 472 g/mol. The van der Waals surface area contributed by atoms with Crippen molar-refractivity contribution >= 4 is 44.8 Å². The second-order valence-electron chi connectivity index (χ2n) is 7.64. The minimum absolute atomic E-state index is 0.0245. The van der Waals surface area contributed by atoms with E-state index in [-0.39, 0.29) is 38.8 Å². The van der Waals surface area contributed by atoms with Gasteiger partial charge in [0.05, 0.1) is 34.3 Å². The van der Waals surface area contributed by atoms with Gasteiger partial charge in [-0.15, -0.1) is 0 Å². The zero-order valence-corrected chi connectivity index (χ0v) is 18.7. The van der Waals surface area contributed by atoms with Crippen molar-refractivity contribution in [1.82, 2.24) is 9.97 Å². The van der Waals surface area contributed by atoms with Gasteiger partial charge in [0, 0.05) is 6.26 Å². The Morgan fingerprint density at radius 2 is 1.90 bits per heavy atom. The molecule has 1 aliphatic carbocycles. The summed E-state index contributed by atoms with van der Waals surface area (Å²) in [5.41, 5.74) is 0.623. The van der Waals surface area contributed by atoms with Crippen LogP contribution >= 0.6 is 23.2 Å². The molecule has 0 bridgehead atoms. The maximum Gasteiger partial charge on any atom is 0.233 e. The Morgan fingerprint density at radius 3 is 2.47 bits per heavy atom. The van der Waals surface area contributed by atoms with Crippen LogP contribution in [0.15, 0.2) is 35.5 Å². The molecule has 1 aromatic carbocycles. The van der Waals surface area contributed by atoms with Gasteiger partial charge in [-0.1, -0.05) is 29.3 Å². The molecule has 0 radical (unpaired) electrons. The predicted octanol–water partition coefficient (Wildman–Crippen LogP) is 3.85. The number of hydrogen-bond donors (Lipinski definition) is 2. The minimum Gasteiger partial charge on any atom is -0.393 e. The zero-order valence-electron chi connectivity index (χ0n) is 16.4. The highest BCUT2D eigenvalue weighted by atomic mass is 35.5. The smallest absolute Gasteiger partial charge is 0.233 e. The monoisotopic (exact) mass is 471 g/mol. The van der Waals surface area contributed by atoms with Gasteiger partial charge in [0.1, 0.15) is 5.15 Å². The number of sulfone groups is 1. The van der Waals surface area contributed by atoms with E-state index < -0.39 is 15.8 Å².